The van der Waals surface area contributed by atoms with Gasteiger partial charge in [0, 0.05) is 25.1 Å². The summed E-state index contributed by atoms with van der Waals surface area (Å²) in [6.07, 6.45) is 2.26. The third-order valence-electron chi connectivity index (χ3n) is 3.73. The Bertz CT molecular complexity index is 557. The quantitative estimate of drug-likeness (QED) is 0.898. The van der Waals surface area contributed by atoms with E-state index in [2.05, 4.69) is 42.6 Å². The van der Waals surface area contributed by atoms with Crippen molar-refractivity contribution in [2.45, 2.75) is 57.7 Å². The molecule has 2 heterocycles. The van der Waals surface area contributed by atoms with Crippen LogP contribution in [-0.4, -0.2) is 34.3 Å². The van der Waals surface area contributed by atoms with E-state index in [1.54, 1.807) is 6.07 Å². The molecule has 0 radical (unpaired) electrons. The van der Waals surface area contributed by atoms with Crippen LogP contribution >= 0.6 is 0 Å². The molecule has 2 fully saturated rings. The monoisotopic (exact) mass is 277 g/mol. The predicted octanol–water partition coefficient (Wildman–Crippen LogP) is 2.04. The van der Waals surface area contributed by atoms with E-state index in [0.717, 1.165) is 37.6 Å². The maximum absolute atomic E-state index is 11.9. The van der Waals surface area contributed by atoms with Gasteiger partial charge in [0.15, 0.2) is 0 Å². The minimum absolute atomic E-state index is 0.0565. The minimum Gasteiger partial charge on any atom is -0.366 e. The number of rotatable bonds is 2. The van der Waals surface area contributed by atoms with Crippen LogP contribution in [0, 0.1) is 0 Å². The van der Waals surface area contributed by atoms with Crippen LogP contribution in [0.1, 0.15) is 52.3 Å². The molecule has 1 aromatic rings. The number of hydrogen-bond acceptors (Lipinski definition) is 4. The Morgan fingerprint density at radius 1 is 1.25 bits per heavy atom. The first-order valence-corrected chi connectivity index (χ1v) is 7.31. The van der Waals surface area contributed by atoms with Gasteiger partial charge in [-0.05, 0) is 40.5 Å². The van der Waals surface area contributed by atoms with E-state index in [1.165, 1.54) is 0 Å². The lowest BCUT2D eigenvalue weighted by Gasteiger charge is -2.47. The molecule has 0 aromatic carbocycles. The van der Waals surface area contributed by atoms with E-state index in [9.17, 15) is 4.79 Å². The van der Waals surface area contributed by atoms with Gasteiger partial charge < -0.3 is 14.6 Å². The molecule has 5 nitrogen and oxygen atoms in total. The number of nitrogens with one attached hydrogen (secondary N) is 1. The van der Waals surface area contributed by atoms with Gasteiger partial charge in [0.1, 0.15) is 11.6 Å². The Morgan fingerprint density at radius 3 is 2.40 bits per heavy atom. The molecule has 1 aliphatic carbocycles. The molecule has 3 rings (SSSR count). The highest BCUT2D eigenvalue weighted by atomic mass is 16.5. The molecular weight excluding hydrogens is 254 g/mol. The van der Waals surface area contributed by atoms with Gasteiger partial charge in [-0.25, -0.2) is 4.98 Å². The van der Waals surface area contributed by atoms with Gasteiger partial charge in [-0.2, -0.15) is 0 Å². The van der Waals surface area contributed by atoms with Crippen molar-refractivity contribution in [1.82, 2.24) is 9.97 Å². The first kappa shape index (κ1) is 13.6. The molecule has 1 aromatic heterocycles. The summed E-state index contributed by atoms with van der Waals surface area (Å²) in [6, 6.07) is 1.60. The third-order valence-corrected chi connectivity index (χ3v) is 3.73. The summed E-state index contributed by atoms with van der Waals surface area (Å²) >= 11 is 0. The Morgan fingerprint density at radius 2 is 1.85 bits per heavy atom. The Hall–Kier alpha value is -1.36. The summed E-state index contributed by atoms with van der Waals surface area (Å²) in [4.78, 5) is 21.6. The highest BCUT2D eigenvalue weighted by molar-refractivity contribution is 5.40. The first-order valence-electron chi connectivity index (χ1n) is 7.31. The fourth-order valence-electron chi connectivity index (χ4n) is 3.12. The number of ether oxygens (including phenoxy) is 1. The smallest absolute Gasteiger partial charge is 0.252 e. The lowest BCUT2D eigenvalue weighted by Crippen LogP contribution is -2.57. The van der Waals surface area contributed by atoms with E-state index in [-0.39, 0.29) is 16.8 Å². The summed E-state index contributed by atoms with van der Waals surface area (Å²) in [5.41, 5.74) is -0.545. The molecule has 1 saturated carbocycles. The Kier molecular flexibility index (Phi) is 2.94. The van der Waals surface area contributed by atoms with E-state index >= 15 is 0 Å². The van der Waals surface area contributed by atoms with Crippen molar-refractivity contribution < 1.29 is 4.74 Å². The average Bonchev–Trinajstić information content (AvgIpc) is 3.07. The van der Waals surface area contributed by atoms with Crippen molar-refractivity contribution in [3.05, 3.63) is 22.2 Å². The lowest BCUT2D eigenvalue weighted by molar-refractivity contribution is -0.133. The van der Waals surface area contributed by atoms with E-state index in [0.29, 0.717) is 5.92 Å². The summed E-state index contributed by atoms with van der Waals surface area (Å²) in [5.74, 6) is 2.07. The second kappa shape index (κ2) is 4.32. The van der Waals surface area contributed by atoms with Crippen LogP contribution in [0.2, 0.25) is 0 Å². The van der Waals surface area contributed by atoms with Crippen LogP contribution in [0.25, 0.3) is 0 Å². The summed E-state index contributed by atoms with van der Waals surface area (Å²) < 4.78 is 6.08. The molecule has 0 atom stereocenters. The number of nitrogens with zero attached hydrogens (tertiary/aromatic N) is 2. The van der Waals surface area contributed by atoms with Crippen LogP contribution in [0.4, 0.5) is 5.82 Å². The molecular formula is C15H23N3O2. The van der Waals surface area contributed by atoms with Crippen molar-refractivity contribution in [1.29, 1.82) is 0 Å². The van der Waals surface area contributed by atoms with Crippen LogP contribution < -0.4 is 10.5 Å². The minimum atomic E-state index is -0.244. The van der Waals surface area contributed by atoms with E-state index < -0.39 is 0 Å². The highest BCUT2D eigenvalue weighted by Crippen LogP contribution is 2.38. The second-order valence-corrected chi connectivity index (χ2v) is 7.24. The zero-order chi connectivity index (χ0) is 14.5. The molecule has 110 valence electrons. The molecule has 1 saturated heterocycles. The van der Waals surface area contributed by atoms with Crippen molar-refractivity contribution >= 4 is 5.82 Å². The predicted molar refractivity (Wildman–Crippen MR) is 78.3 cm³/mol. The number of H-pyrrole nitrogens is 1. The number of morpholine rings is 1. The maximum atomic E-state index is 11.9. The standard InChI is InChI=1S/C15H23N3O2/c1-14(2)8-18(9-15(3,4)20-14)11-7-12(19)17-13(16-11)10-5-6-10/h7,10H,5-6,8-9H2,1-4H3,(H,16,17,19). The van der Waals surface area contributed by atoms with Gasteiger partial charge in [0.25, 0.3) is 5.56 Å². The third kappa shape index (κ3) is 2.87. The zero-order valence-corrected chi connectivity index (χ0v) is 12.7. The topological polar surface area (TPSA) is 58.2 Å². The van der Waals surface area contributed by atoms with Crippen molar-refractivity contribution in [3.8, 4) is 0 Å². The normalized spacial score (nSPS) is 24.7. The summed E-state index contributed by atoms with van der Waals surface area (Å²) in [6.45, 7) is 9.81. The molecule has 0 amide bonds. The fourth-order valence-corrected chi connectivity index (χ4v) is 3.12. The van der Waals surface area contributed by atoms with Crippen molar-refractivity contribution in [3.63, 3.8) is 0 Å². The van der Waals surface area contributed by atoms with Gasteiger partial charge in [-0.15, -0.1) is 0 Å². The number of aromatic amines is 1. The molecule has 5 heteroatoms. The number of aromatic nitrogens is 2. The van der Waals surface area contributed by atoms with Gasteiger partial charge in [-0.1, -0.05) is 0 Å². The SMILES string of the molecule is CC1(C)CN(c2cc(=O)[nH]c(C3CC3)n2)CC(C)(C)O1. The molecule has 0 spiro atoms. The van der Waals surface area contributed by atoms with Crippen LogP contribution in [0.5, 0.6) is 0 Å². The zero-order valence-electron chi connectivity index (χ0n) is 12.7. The lowest BCUT2D eigenvalue weighted by atomic mass is 9.99. The number of anilines is 1. The van der Waals surface area contributed by atoms with Crippen LogP contribution in [0.15, 0.2) is 10.9 Å². The second-order valence-electron chi connectivity index (χ2n) is 7.24. The Balaban J connectivity index is 1.93. The van der Waals surface area contributed by atoms with E-state index in [1.807, 2.05) is 0 Å². The molecule has 0 bridgehead atoms. The number of hydrogen-bond donors (Lipinski definition) is 1. The maximum Gasteiger partial charge on any atom is 0.252 e. The summed E-state index contributed by atoms with van der Waals surface area (Å²) in [5, 5.41) is 0. The molecule has 0 unspecified atom stereocenters. The van der Waals surface area contributed by atoms with Crippen molar-refractivity contribution in [2.75, 3.05) is 18.0 Å². The van der Waals surface area contributed by atoms with Crippen LogP contribution in [-0.2, 0) is 4.74 Å². The molecule has 1 N–H and O–H groups in total. The largest absolute Gasteiger partial charge is 0.366 e. The summed E-state index contributed by atoms with van der Waals surface area (Å²) in [7, 11) is 0. The van der Waals surface area contributed by atoms with Crippen molar-refractivity contribution in [2.24, 2.45) is 0 Å². The highest BCUT2D eigenvalue weighted by Gasteiger charge is 2.39. The molecule has 20 heavy (non-hydrogen) atoms. The van der Waals surface area contributed by atoms with Gasteiger partial charge in [-0.3, -0.25) is 4.79 Å². The van der Waals surface area contributed by atoms with Crippen LogP contribution in [0.3, 0.4) is 0 Å². The van der Waals surface area contributed by atoms with Gasteiger partial charge >= 0.3 is 0 Å². The first-order chi connectivity index (χ1) is 9.24. The molecule has 1 aliphatic heterocycles. The van der Waals surface area contributed by atoms with Gasteiger partial charge in [0.2, 0.25) is 0 Å². The average molecular weight is 277 g/mol. The Labute approximate surface area is 119 Å². The van der Waals surface area contributed by atoms with Gasteiger partial charge in [0.05, 0.1) is 11.2 Å². The molecule has 2 aliphatic rings. The fraction of sp³-hybridized carbons (Fsp3) is 0.733. The van der Waals surface area contributed by atoms with E-state index in [4.69, 9.17) is 4.74 Å².